The zero-order valence-corrected chi connectivity index (χ0v) is 11.4. The van der Waals surface area contributed by atoms with Gasteiger partial charge in [0.2, 0.25) is 0 Å². The van der Waals surface area contributed by atoms with Crippen molar-refractivity contribution >= 4 is 26.7 Å². The van der Waals surface area contributed by atoms with Crippen LogP contribution in [-0.2, 0) is 10.8 Å². The highest BCUT2D eigenvalue weighted by Gasteiger charge is 2.20. The summed E-state index contributed by atoms with van der Waals surface area (Å²) in [6.07, 6.45) is 0. The van der Waals surface area contributed by atoms with Crippen LogP contribution in [0.5, 0.6) is 0 Å². The maximum absolute atomic E-state index is 11.2. The molecule has 1 aliphatic heterocycles. The maximum Gasteiger partial charge on any atom is 0.0363 e. The van der Waals surface area contributed by atoms with Gasteiger partial charge in [0, 0.05) is 47.3 Å². The summed E-state index contributed by atoms with van der Waals surface area (Å²) in [5.74, 6) is 3.18. The molecule has 1 aliphatic rings. The number of rotatable bonds is 4. The van der Waals surface area contributed by atoms with E-state index in [2.05, 4.69) is 34.7 Å². The van der Waals surface area contributed by atoms with Gasteiger partial charge in [0.05, 0.1) is 0 Å². The van der Waals surface area contributed by atoms with Crippen molar-refractivity contribution in [3.8, 4) is 0 Å². The van der Waals surface area contributed by atoms with Crippen LogP contribution in [0.1, 0.15) is 13.8 Å². The molecule has 4 heteroatoms. The molecule has 1 unspecified atom stereocenters. The molecular formula is C10H20BrNOS. The summed E-state index contributed by atoms with van der Waals surface area (Å²) < 4.78 is 11.2. The molecule has 0 saturated carbocycles. The van der Waals surface area contributed by atoms with Crippen LogP contribution >= 0.6 is 15.9 Å². The molecule has 0 spiro atoms. The van der Waals surface area contributed by atoms with Gasteiger partial charge in [0.25, 0.3) is 0 Å². The molecule has 0 radical (unpaired) electrons. The highest BCUT2D eigenvalue weighted by Crippen LogP contribution is 2.16. The molecule has 1 atom stereocenters. The summed E-state index contributed by atoms with van der Waals surface area (Å²) in [5.41, 5.74) is 0. The van der Waals surface area contributed by atoms with Crippen molar-refractivity contribution < 1.29 is 4.21 Å². The second-order valence-electron chi connectivity index (χ2n) is 4.31. The third-order valence-corrected chi connectivity index (χ3v) is 5.01. The minimum absolute atomic E-state index is 0.542. The minimum Gasteiger partial charge on any atom is -0.301 e. The second kappa shape index (κ2) is 6.23. The molecule has 1 saturated heterocycles. The summed E-state index contributed by atoms with van der Waals surface area (Å²) in [4.78, 5) is 2.45. The lowest BCUT2D eigenvalue weighted by Gasteiger charge is -2.31. The smallest absolute Gasteiger partial charge is 0.0363 e. The average molecular weight is 282 g/mol. The molecule has 0 aliphatic carbocycles. The number of alkyl halides is 1. The van der Waals surface area contributed by atoms with Crippen LogP contribution in [0.15, 0.2) is 0 Å². The number of hydrogen-bond acceptors (Lipinski definition) is 2. The summed E-state index contributed by atoms with van der Waals surface area (Å²) in [6.45, 7) is 7.73. The summed E-state index contributed by atoms with van der Waals surface area (Å²) in [7, 11) is -0.542. The molecule has 0 amide bonds. The fraction of sp³-hybridized carbons (Fsp3) is 1.00. The van der Waals surface area contributed by atoms with Gasteiger partial charge in [-0.2, -0.15) is 0 Å². The predicted octanol–water partition coefficient (Wildman–Crippen LogP) is 1.72. The first-order valence-electron chi connectivity index (χ1n) is 5.26. The van der Waals surface area contributed by atoms with Gasteiger partial charge < -0.3 is 4.90 Å². The lowest BCUT2D eigenvalue weighted by atomic mass is 9.97. The summed E-state index contributed by atoms with van der Waals surface area (Å²) in [6, 6.07) is 0. The fourth-order valence-corrected chi connectivity index (χ4v) is 3.71. The van der Waals surface area contributed by atoms with Gasteiger partial charge in [-0.1, -0.05) is 29.8 Å². The summed E-state index contributed by atoms with van der Waals surface area (Å²) in [5, 5.41) is 1.07. The van der Waals surface area contributed by atoms with Crippen molar-refractivity contribution in [2.24, 2.45) is 11.8 Å². The van der Waals surface area contributed by atoms with E-state index in [1.165, 1.54) is 0 Å². The van der Waals surface area contributed by atoms with Crippen LogP contribution < -0.4 is 0 Å². The topological polar surface area (TPSA) is 20.3 Å². The van der Waals surface area contributed by atoms with E-state index in [1.54, 1.807) is 0 Å². The molecule has 0 aromatic rings. The Bertz CT molecular complexity index is 189. The van der Waals surface area contributed by atoms with Gasteiger partial charge in [-0.15, -0.1) is 0 Å². The Hall–Kier alpha value is 0.590. The van der Waals surface area contributed by atoms with Crippen LogP contribution in [0.4, 0.5) is 0 Å². The molecule has 84 valence electrons. The third kappa shape index (κ3) is 3.99. The molecule has 1 heterocycles. The molecule has 0 aromatic carbocycles. The number of halogens is 1. The van der Waals surface area contributed by atoms with Crippen molar-refractivity contribution in [1.29, 1.82) is 0 Å². The third-order valence-electron chi connectivity index (χ3n) is 2.90. The number of hydrogen-bond donors (Lipinski definition) is 0. The van der Waals surface area contributed by atoms with E-state index in [-0.39, 0.29) is 0 Å². The lowest BCUT2D eigenvalue weighted by molar-refractivity contribution is 0.231. The van der Waals surface area contributed by atoms with E-state index in [0.717, 1.165) is 48.3 Å². The van der Waals surface area contributed by atoms with Crippen LogP contribution in [0.3, 0.4) is 0 Å². The fourth-order valence-electron chi connectivity index (χ4n) is 1.63. The van der Waals surface area contributed by atoms with Crippen LogP contribution in [0.2, 0.25) is 0 Å². The maximum atomic E-state index is 11.2. The van der Waals surface area contributed by atoms with Gasteiger partial charge in [-0.25, -0.2) is 0 Å². The lowest BCUT2D eigenvalue weighted by Crippen LogP contribution is -2.41. The second-order valence-corrected chi connectivity index (χ2v) is 6.65. The Kier molecular flexibility index (Phi) is 5.64. The van der Waals surface area contributed by atoms with Gasteiger partial charge >= 0.3 is 0 Å². The Morgan fingerprint density at radius 3 is 2.36 bits per heavy atom. The molecule has 0 N–H and O–H groups in total. The average Bonchev–Trinajstić information content (AvgIpc) is 2.16. The Balaban J connectivity index is 2.32. The quantitative estimate of drug-likeness (QED) is 0.732. The van der Waals surface area contributed by atoms with E-state index >= 15 is 0 Å². The van der Waals surface area contributed by atoms with Crippen molar-refractivity contribution in [3.05, 3.63) is 0 Å². The highest BCUT2D eigenvalue weighted by atomic mass is 79.9. The first-order valence-corrected chi connectivity index (χ1v) is 7.87. The van der Waals surface area contributed by atoms with Crippen molar-refractivity contribution in [2.75, 3.05) is 36.5 Å². The van der Waals surface area contributed by atoms with Gasteiger partial charge in [-0.3, -0.25) is 4.21 Å². The SMILES string of the molecule is CC(C)C(CBr)CN1CCS(=O)CC1. The van der Waals surface area contributed by atoms with Crippen LogP contribution in [0.25, 0.3) is 0 Å². The van der Waals surface area contributed by atoms with Crippen molar-refractivity contribution in [1.82, 2.24) is 4.90 Å². The van der Waals surface area contributed by atoms with E-state index in [1.807, 2.05) is 0 Å². The Labute approximate surface area is 98.0 Å². The Morgan fingerprint density at radius 2 is 1.93 bits per heavy atom. The first-order chi connectivity index (χ1) is 6.63. The van der Waals surface area contributed by atoms with Crippen molar-refractivity contribution in [2.45, 2.75) is 13.8 Å². The molecule has 1 fully saturated rings. The predicted molar refractivity (Wildman–Crippen MR) is 66.4 cm³/mol. The van der Waals surface area contributed by atoms with E-state index in [0.29, 0.717) is 0 Å². The van der Waals surface area contributed by atoms with Crippen LogP contribution in [0, 0.1) is 11.8 Å². The van der Waals surface area contributed by atoms with Gasteiger partial charge in [-0.05, 0) is 11.8 Å². The standard InChI is InChI=1S/C10H20BrNOS/c1-9(2)10(7-11)8-12-3-5-14(13)6-4-12/h9-10H,3-8H2,1-2H3. The molecular weight excluding hydrogens is 262 g/mol. The van der Waals surface area contributed by atoms with Gasteiger partial charge in [0.15, 0.2) is 0 Å². The molecule has 14 heavy (non-hydrogen) atoms. The highest BCUT2D eigenvalue weighted by molar-refractivity contribution is 9.09. The summed E-state index contributed by atoms with van der Waals surface area (Å²) >= 11 is 3.57. The van der Waals surface area contributed by atoms with E-state index < -0.39 is 10.8 Å². The normalized spacial score (nSPS) is 22.9. The molecule has 2 nitrogen and oxygen atoms in total. The molecule has 0 bridgehead atoms. The van der Waals surface area contributed by atoms with E-state index in [4.69, 9.17) is 0 Å². The first kappa shape index (κ1) is 12.7. The zero-order chi connectivity index (χ0) is 10.6. The zero-order valence-electron chi connectivity index (χ0n) is 9.04. The molecule has 0 aromatic heterocycles. The Morgan fingerprint density at radius 1 is 1.36 bits per heavy atom. The molecule has 1 rings (SSSR count). The van der Waals surface area contributed by atoms with Crippen molar-refractivity contribution in [3.63, 3.8) is 0 Å². The number of nitrogens with zero attached hydrogens (tertiary/aromatic N) is 1. The van der Waals surface area contributed by atoms with Gasteiger partial charge in [0.1, 0.15) is 0 Å². The largest absolute Gasteiger partial charge is 0.301 e. The monoisotopic (exact) mass is 281 g/mol. The minimum atomic E-state index is -0.542. The van der Waals surface area contributed by atoms with E-state index in [9.17, 15) is 4.21 Å². The van der Waals surface area contributed by atoms with Crippen LogP contribution in [-0.4, -0.2) is 45.6 Å².